The predicted octanol–water partition coefficient (Wildman–Crippen LogP) is 6.73. The third-order valence-electron chi connectivity index (χ3n) is 8.03. The Morgan fingerprint density at radius 3 is 2.40 bits per heavy atom. The number of nitrogens with zero attached hydrogens (tertiary/aromatic N) is 4. The highest BCUT2D eigenvalue weighted by molar-refractivity contribution is 6.13. The molecular weight excluding hydrogens is 428 g/mol. The van der Waals surface area contributed by atoms with Crippen molar-refractivity contribution in [2.75, 3.05) is 0 Å². The fourth-order valence-electron chi connectivity index (χ4n) is 6.57. The number of aromatic nitrogens is 4. The molecule has 3 aromatic carbocycles. The lowest BCUT2D eigenvalue weighted by Gasteiger charge is -2.09. The molecule has 0 spiro atoms. The van der Waals surface area contributed by atoms with Crippen LogP contribution in [-0.4, -0.2) is 19.4 Å². The van der Waals surface area contributed by atoms with E-state index < -0.39 is 0 Å². The smallest absolute Gasteiger partial charge is 0.147 e. The van der Waals surface area contributed by atoms with E-state index in [9.17, 15) is 0 Å². The third kappa shape index (κ3) is 2.11. The van der Waals surface area contributed by atoms with E-state index in [2.05, 4.69) is 75.0 Å². The topological polar surface area (TPSA) is 43.1 Å². The van der Waals surface area contributed by atoms with Crippen LogP contribution in [0.2, 0.25) is 0 Å². The van der Waals surface area contributed by atoms with Crippen LogP contribution >= 0.6 is 0 Å². The van der Waals surface area contributed by atoms with Crippen LogP contribution in [0.5, 0.6) is 0 Å². The lowest BCUT2D eigenvalue weighted by molar-refractivity contribution is 1.24. The highest BCUT2D eigenvalue weighted by Gasteiger charge is 2.30. The second-order valence-corrected chi connectivity index (χ2v) is 9.68. The van der Waals surface area contributed by atoms with E-state index in [4.69, 9.17) is 4.98 Å². The summed E-state index contributed by atoms with van der Waals surface area (Å²) in [5.41, 5.74) is 15.5. The van der Waals surface area contributed by atoms with E-state index in [1.807, 2.05) is 24.8 Å². The van der Waals surface area contributed by atoms with Gasteiger partial charge in [0.05, 0.1) is 16.6 Å². The van der Waals surface area contributed by atoms with Crippen LogP contribution in [0, 0.1) is 0 Å². The molecule has 4 heterocycles. The van der Waals surface area contributed by atoms with Crippen molar-refractivity contribution >= 4 is 38.4 Å². The van der Waals surface area contributed by atoms with E-state index in [0.29, 0.717) is 0 Å². The van der Waals surface area contributed by atoms with Crippen molar-refractivity contribution in [2.24, 2.45) is 0 Å². The molecule has 2 aliphatic carbocycles. The summed E-state index contributed by atoms with van der Waals surface area (Å²) < 4.78 is 2.29. The first-order valence-electron chi connectivity index (χ1n) is 12.0. The van der Waals surface area contributed by atoms with Gasteiger partial charge in [0, 0.05) is 42.0 Å². The molecule has 0 aliphatic heterocycles. The quantitative estimate of drug-likeness (QED) is 0.243. The molecule has 0 unspecified atom stereocenters. The summed E-state index contributed by atoms with van der Waals surface area (Å²) in [6.45, 7) is 0. The van der Waals surface area contributed by atoms with Gasteiger partial charge in [0.25, 0.3) is 0 Å². The minimum atomic E-state index is 0.922. The summed E-state index contributed by atoms with van der Waals surface area (Å²) in [6.07, 6.45) is 9.53. The lowest BCUT2D eigenvalue weighted by Crippen LogP contribution is -1.92. The summed E-state index contributed by atoms with van der Waals surface area (Å²) in [6, 6.07) is 22.2. The van der Waals surface area contributed by atoms with E-state index in [1.165, 1.54) is 44.5 Å². The molecule has 0 fully saturated rings. The maximum Gasteiger partial charge on any atom is 0.147 e. The Labute approximate surface area is 200 Å². The summed E-state index contributed by atoms with van der Waals surface area (Å²) >= 11 is 0. The minimum Gasteiger partial charge on any atom is -0.292 e. The van der Waals surface area contributed by atoms with E-state index in [-0.39, 0.29) is 0 Å². The normalized spacial score (nSPS) is 13.5. The van der Waals surface area contributed by atoms with Gasteiger partial charge in [0.15, 0.2) is 0 Å². The largest absolute Gasteiger partial charge is 0.292 e. The molecule has 0 radical (unpaired) electrons. The second-order valence-electron chi connectivity index (χ2n) is 9.68. The van der Waals surface area contributed by atoms with Crippen molar-refractivity contribution in [1.82, 2.24) is 19.4 Å². The highest BCUT2D eigenvalue weighted by Crippen LogP contribution is 2.49. The number of rotatable bonds is 0. The van der Waals surface area contributed by atoms with Crippen LogP contribution in [0.25, 0.3) is 60.6 Å². The Hall–Kier alpha value is -4.57. The SMILES string of the molecule is c1ccc2c(c1)Cc1c-2ccc2c1-c1ccc3c(nc4c5cnccc5c5cnccc5n34)c1C2. The van der Waals surface area contributed by atoms with Gasteiger partial charge >= 0.3 is 0 Å². The van der Waals surface area contributed by atoms with Gasteiger partial charge in [-0.2, -0.15) is 0 Å². The molecular formula is C31H18N4. The van der Waals surface area contributed by atoms with Crippen LogP contribution in [0.4, 0.5) is 0 Å². The van der Waals surface area contributed by atoms with Crippen LogP contribution in [-0.2, 0) is 12.8 Å². The van der Waals surface area contributed by atoms with Crippen LogP contribution < -0.4 is 0 Å². The Morgan fingerprint density at radius 2 is 1.43 bits per heavy atom. The van der Waals surface area contributed by atoms with Gasteiger partial charge in [-0.1, -0.05) is 42.5 Å². The van der Waals surface area contributed by atoms with Crippen molar-refractivity contribution in [3.63, 3.8) is 0 Å². The molecule has 0 saturated carbocycles. The standard InChI is InChI=1S/C31H18N4/c1-2-4-19-17(3-1)13-23-20(19)6-5-18-14-24-22(29(18)23)7-8-28-30(24)34-31-26-16-32-11-9-21(26)25-15-33-12-10-27(25)35(28)31/h1-12,15-16H,13-14H2. The van der Waals surface area contributed by atoms with E-state index in [0.717, 1.165) is 51.2 Å². The van der Waals surface area contributed by atoms with Gasteiger partial charge in [-0.25, -0.2) is 4.98 Å². The average Bonchev–Trinajstić information content (AvgIpc) is 3.59. The second kappa shape index (κ2) is 6.10. The Kier molecular flexibility index (Phi) is 3.11. The average molecular weight is 447 g/mol. The van der Waals surface area contributed by atoms with Crippen molar-refractivity contribution in [3.05, 3.63) is 108 Å². The minimum absolute atomic E-state index is 0.922. The number of hydrogen-bond donors (Lipinski definition) is 0. The van der Waals surface area contributed by atoms with Gasteiger partial charge in [-0.3, -0.25) is 14.4 Å². The van der Waals surface area contributed by atoms with Crippen LogP contribution in [0.15, 0.2) is 85.5 Å². The maximum atomic E-state index is 5.28. The number of fused-ring (bicyclic) bond motifs is 16. The Balaban J connectivity index is 1.39. The van der Waals surface area contributed by atoms with Gasteiger partial charge in [-0.05, 0) is 74.5 Å². The predicted molar refractivity (Wildman–Crippen MR) is 140 cm³/mol. The summed E-state index contributed by atoms with van der Waals surface area (Å²) in [5.74, 6) is 0. The zero-order valence-electron chi connectivity index (χ0n) is 18.8. The number of imidazole rings is 1. The fraction of sp³-hybridized carbons (Fsp3) is 0.0645. The molecule has 0 amide bonds. The summed E-state index contributed by atoms with van der Waals surface area (Å²) in [7, 11) is 0. The molecule has 7 aromatic rings. The van der Waals surface area contributed by atoms with Crippen molar-refractivity contribution in [2.45, 2.75) is 12.8 Å². The van der Waals surface area contributed by atoms with Crippen molar-refractivity contribution in [3.8, 4) is 22.3 Å². The first kappa shape index (κ1) is 17.8. The molecule has 4 nitrogen and oxygen atoms in total. The van der Waals surface area contributed by atoms with Gasteiger partial charge in [0.1, 0.15) is 5.65 Å². The number of benzene rings is 3. The summed E-state index contributed by atoms with van der Waals surface area (Å²) in [5, 5.41) is 3.32. The molecule has 0 saturated heterocycles. The van der Waals surface area contributed by atoms with E-state index >= 15 is 0 Å². The van der Waals surface area contributed by atoms with Crippen molar-refractivity contribution < 1.29 is 0 Å². The van der Waals surface area contributed by atoms with Gasteiger partial charge in [0.2, 0.25) is 0 Å². The van der Waals surface area contributed by atoms with Gasteiger partial charge < -0.3 is 0 Å². The zero-order chi connectivity index (χ0) is 22.7. The van der Waals surface area contributed by atoms with Crippen molar-refractivity contribution in [1.29, 1.82) is 0 Å². The molecule has 4 heteroatoms. The Bertz CT molecular complexity index is 2070. The zero-order valence-corrected chi connectivity index (χ0v) is 18.8. The molecule has 162 valence electrons. The molecule has 35 heavy (non-hydrogen) atoms. The number of pyridine rings is 3. The molecule has 0 atom stereocenters. The van der Waals surface area contributed by atoms with Crippen LogP contribution in [0.1, 0.15) is 22.3 Å². The van der Waals surface area contributed by atoms with E-state index in [1.54, 1.807) is 0 Å². The third-order valence-corrected chi connectivity index (χ3v) is 8.03. The monoisotopic (exact) mass is 446 g/mol. The first-order valence-corrected chi connectivity index (χ1v) is 12.0. The first-order chi connectivity index (χ1) is 17.4. The molecule has 9 rings (SSSR count). The maximum absolute atomic E-state index is 5.28. The Morgan fingerprint density at radius 1 is 0.600 bits per heavy atom. The van der Waals surface area contributed by atoms with Gasteiger partial charge in [-0.15, -0.1) is 0 Å². The molecule has 4 aromatic heterocycles. The molecule has 2 aliphatic rings. The fourth-order valence-corrected chi connectivity index (χ4v) is 6.57. The summed E-state index contributed by atoms with van der Waals surface area (Å²) in [4.78, 5) is 14.1. The molecule has 0 N–H and O–H groups in total. The molecule has 0 bridgehead atoms. The number of hydrogen-bond acceptors (Lipinski definition) is 3. The lowest BCUT2D eigenvalue weighted by atomic mass is 9.95. The van der Waals surface area contributed by atoms with Crippen LogP contribution in [0.3, 0.4) is 0 Å². The highest BCUT2D eigenvalue weighted by atomic mass is 15.0.